The van der Waals surface area contributed by atoms with Crippen molar-refractivity contribution < 1.29 is 19.4 Å². The summed E-state index contributed by atoms with van der Waals surface area (Å²) in [5.74, 6) is -1.58. The number of carboxylic acid groups (broad SMARTS) is 1. The van der Waals surface area contributed by atoms with Gasteiger partial charge in [0.25, 0.3) is 5.91 Å². The van der Waals surface area contributed by atoms with Crippen LogP contribution in [0.5, 0.6) is 5.88 Å². The Labute approximate surface area is 112 Å². The van der Waals surface area contributed by atoms with E-state index in [4.69, 9.17) is 9.84 Å². The first-order valence-corrected chi connectivity index (χ1v) is 6.02. The lowest BCUT2D eigenvalue weighted by Gasteiger charge is -2.23. The van der Waals surface area contributed by atoms with Crippen molar-refractivity contribution in [2.24, 2.45) is 5.92 Å². The summed E-state index contributed by atoms with van der Waals surface area (Å²) >= 11 is 0. The summed E-state index contributed by atoms with van der Waals surface area (Å²) in [4.78, 5) is 28.6. The van der Waals surface area contributed by atoms with Crippen molar-refractivity contribution in [1.82, 2.24) is 9.88 Å². The normalized spacial score (nSPS) is 11.7. The van der Waals surface area contributed by atoms with Gasteiger partial charge in [-0.3, -0.25) is 9.59 Å². The van der Waals surface area contributed by atoms with Gasteiger partial charge in [0.1, 0.15) is 5.56 Å². The number of aromatic nitrogens is 1. The van der Waals surface area contributed by atoms with Gasteiger partial charge >= 0.3 is 5.97 Å². The summed E-state index contributed by atoms with van der Waals surface area (Å²) in [6.07, 6.45) is 1.53. The fourth-order valence-electron chi connectivity index (χ4n) is 1.65. The lowest BCUT2D eigenvalue weighted by Crippen LogP contribution is -2.37. The minimum Gasteiger partial charge on any atom is -0.481 e. The molecule has 0 aliphatic heterocycles. The van der Waals surface area contributed by atoms with Crippen molar-refractivity contribution in [1.29, 1.82) is 0 Å². The molecule has 0 bridgehead atoms. The summed E-state index contributed by atoms with van der Waals surface area (Å²) in [7, 11) is 1.44. The molecule has 0 saturated carbocycles. The van der Waals surface area contributed by atoms with E-state index in [1.54, 1.807) is 26.0 Å². The molecule has 19 heavy (non-hydrogen) atoms. The summed E-state index contributed by atoms with van der Waals surface area (Å²) in [6, 6.07) is 3.26. The van der Waals surface area contributed by atoms with Gasteiger partial charge in [0.15, 0.2) is 0 Å². The van der Waals surface area contributed by atoms with Crippen LogP contribution in [-0.4, -0.2) is 47.1 Å². The first-order chi connectivity index (χ1) is 9.01. The van der Waals surface area contributed by atoms with Crippen LogP contribution in [0.4, 0.5) is 0 Å². The second kappa shape index (κ2) is 6.72. The van der Waals surface area contributed by atoms with Crippen molar-refractivity contribution in [3.05, 3.63) is 23.9 Å². The van der Waals surface area contributed by atoms with Crippen molar-refractivity contribution >= 4 is 11.9 Å². The van der Waals surface area contributed by atoms with Crippen LogP contribution in [-0.2, 0) is 4.79 Å². The number of methoxy groups -OCH3 is 1. The van der Waals surface area contributed by atoms with Gasteiger partial charge in [-0.1, -0.05) is 6.92 Å². The second-order valence-electron chi connectivity index (χ2n) is 4.14. The number of aliphatic carboxylic acids is 1. The van der Waals surface area contributed by atoms with E-state index in [1.165, 1.54) is 18.2 Å². The quantitative estimate of drug-likeness (QED) is 0.838. The Morgan fingerprint density at radius 2 is 2.21 bits per heavy atom. The van der Waals surface area contributed by atoms with Crippen LogP contribution in [0, 0.1) is 5.92 Å². The molecule has 1 N–H and O–H groups in total. The van der Waals surface area contributed by atoms with E-state index in [-0.39, 0.29) is 18.3 Å². The van der Waals surface area contributed by atoms with Crippen LogP contribution in [0.2, 0.25) is 0 Å². The Morgan fingerprint density at radius 3 is 2.74 bits per heavy atom. The lowest BCUT2D eigenvalue weighted by molar-refractivity contribution is -0.141. The number of hydrogen-bond donors (Lipinski definition) is 1. The molecule has 0 aliphatic rings. The predicted molar refractivity (Wildman–Crippen MR) is 69.2 cm³/mol. The number of carbonyl (C=O) groups excluding carboxylic acids is 1. The Bertz CT molecular complexity index is 462. The average Bonchev–Trinajstić information content (AvgIpc) is 2.43. The standard InChI is InChI=1S/C13H18N2O4/c1-4-15(8-9(2)13(17)18)12(16)10-6-5-7-14-11(10)19-3/h5-7,9H,4,8H2,1-3H3,(H,17,18). The minimum absolute atomic E-state index is 0.155. The highest BCUT2D eigenvalue weighted by Crippen LogP contribution is 2.17. The summed E-state index contributed by atoms with van der Waals surface area (Å²) < 4.78 is 5.04. The van der Waals surface area contributed by atoms with E-state index in [1.807, 2.05) is 0 Å². The van der Waals surface area contributed by atoms with Crippen LogP contribution >= 0.6 is 0 Å². The van der Waals surface area contributed by atoms with E-state index >= 15 is 0 Å². The van der Waals surface area contributed by atoms with Gasteiger partial charge in [0.05, 0.1) is 13.0 Å². The SMILES string of the molecule is CCN(CC(C)C(=O)O)C(=O)c1cccnc1OC. The molecule has 1 atom stereocenters. The third-order valence-electron chi connectivity index (χ3n) is 2.78. The highest BCUT2D eigenvalue weighted by atomic mass is 16.5. The summed E-state index contributed by atoms with van der Waals surface area (Å²) in [5, 5.41) is 8.90. The third-order valence-corrected chi connectivity index (χ3v) is 2.78. The smallest absolute Gasteiger partial charge is 0.308 e. The van der Waals surface area contributed by atoms with Gasteiger partial charge < -0.3 is 14.7 Å². The van der Waals surface area contributed by atoms with Crippen molar-refractivity contribution in [2.75, 3.05) is 20.2 Å². The fraction of sp³-hybridized carbons (Fsp3) is 0.462. The lowest BCUT2D eigenvalue weighted by atomic mass is 10.1. The van der Waals surface area contributed by atoms with Crippen LogP contribution in [0.1, 0.15) is 24.2 Å². The highest BCUT2D eigenvalue weighted by Gasteiger charge is 2.22. The average molecular weight is 266 g/mol. The van der Waals surface area contributed by atoms with Crippen LogP contribution < -0.4 is 4.74 Å². The molecule has 1 rings (SSSR count). The van der Waals surface area contributed by atoms with Crippen LogP contribution in [0.3, 0.4) is 0 Å². The van der Waals surface area contributed by atoms with Gasteiger partial charge in [-0.15, -0.1) is 0 Å². The molecule has 6 heteroatoms. The summed E-state index contributed by atoms with van der Waals surface area (Å²) in [5.41, 5.74) is 0.337. The van der Waals surface area contributed by atoms with Crippen molar-refractivity contribution in [3.8, 4) is 5.88 Å². The molecule has 104 valence electrons. The molecule has 6 nitrogen and oxygen atoms in total. The molecule has 0 fully saturated rings. The number of carboxylic acids is 1. The third kappa shape index (κ3) is 3.67. The first-order valence-electron chi connectivity index (χ1n) is 6.02. The van der Waals surface area contributed by atoms with E-state index in [9.17, 15) is 9.59 Å². The van der Waals surface area contributed by atoms with Crippen LogP contribution in [0.25, 0.3) is 0 Å². The van der Waals surface area contributed by atoms with Gasteiger partial charge in [0.2, 0.25) is 5.88 Å². The highest BCUT2D eigenvalue weighted by molar-refractivity contribution is 5.96. The molecular weight excluding hydrogens is 248 g/mol. The molecule has 1 heterocycles. The maximum Gasteiger partial charge on any atom is 0.308 e. The monoisotopic (exact) mass is 266 g/mol. The van der Waals surface area contributed by atoms with Crippen molar-refractivity contribution in [2.45, 2.75) is 13.8 Å². The van der Waals surface area contributed by atoms with Crippen LogP contribution in [0.15, 0.2) is 18.3 Å². The number of amides is 1. The van der Waals surface area contributed by atoms with E-state index in [2.05, 4.69) is 4.98 Å². The van der Waals surface area contributed by atoms with Gasteiger partial charge in [-0.2, -0.15) is 0 Å². The fourth-order valence-corrected chi connectivity index (χ4v) is 1.65. The zero-order valence-corrected chi connectivity index (χ0v) is 11.3. The molecule has 0 saturated heterocycles. The van der Waals surface area contributed by atoms with Gasteiger partial charge in [-0.25, -0.2) is 4.98 Å². The molecule has 1 unspecified atom stereocenters. The van der Waals surface area contributed by atoms with Crippen molar-refractivity contribution in [3.63, 3.8) is 0 Å². The summed E-state index contributed by atoms with van der Waals surface area (Å²) in [6.45, 7) is 3.95. The molecule has 0 aliphatic carbocycles. The number of pyridine rings is 1. The van der Waals surface area contributed by atoms with Gasteiger partial charge in [-0.05, 0) is 19.1 Å². The van der Waals surface area contributed by atoms with Gasteiger partial charge in [0, 0.05) is 19.3 Å². The second-order valence-corrected chi connectivity index (χ2v) is 4.14. The van der Waals surface area contributed by atoms with E-state index < -0.39 is 11.9 Å². The van der Waals surface area contributed by atoms with E-state index in [0.29, 0.717) is 12.1 Å². The van der Waals surface area contributed by atoms with E-state index in [0.717, 1.165) is 0 Å². The zero-order valence-electron chi connectivity index (χ0n) is 11.3. The Morgan fingerprint density at radius 1 is 1.53 bits per heavy atom. The number of hydrogen-bond acceptors (Lipinski definition) is 4. The predicted octanol–water partition coefficient (Wildman–Crippen LogP) is 1.27. The zero-order chi connectivity index (χ0) is 14.4. The maximum atomic E-state index is 12.3. The molecular formula is C13H18N2O4. The molecule has 1 aromatic rings. The Hall–Kier alpha value is -2.11. The molecule has 0 aromatic carbocycles. The first kappa shape index (κ1) is 14.9. The number of ether oxygens (including phenoxy) is 1. The number of rotatable bonds is 6. The topological polar surface area (TPSA) is 79.7 Å². The molecule has 0 radical (unpaired) electrons. The molecule has 1 amide bonds. The molecule has 0 spiro atoms. The maximum absolute atomic E-state index is 12.3. The largest absolute Gasteiger partial charge is 0.481 e. The minimum atomic E-state index is -0.926. The Balaban J connectivity index is 2.92. The number of carbonyl (C=O) groups is 2. The Kier molecular flexibility index (Phi) is 5.29. The number of nitrogens with zero attached hydrogens (tertiary/aromatic N) is 2. The molecule has 1 aromatic heterocycles.